The Labute approximate surface area is 208 Å². The van der Waals surface area contributed by atoms with Crippen molar-refractivity contribution in [1.82, 2.24) is 15.2 Å². The molecule has 8 heteroatoms. The molecule has 3 aromatic rings. The molecule has 0 aliphatic carbocycles. The van der Waals surface area contributed by atoms with Crippen LogP contribution in [-0.2, 0) is 30.4 Å². The van der Waals surface area contributed by atoms with Gasteiger partial charge in [-0.15, -0.1) is 0 Å². The molecule has 3 heterocycles. The van der Waals surface area contributed by atoms with Crippen molar-refractivity contribution < 1.29 is 18.0 Å². The zero-order valence-electron chi connectivity index (χ0n) is 19.9. The number of hydrogen-bond acceptors (Lipinski definition) is 4. The van der Waals surface area contributed by atoms with E-state index in [1.165, 1.54) is 11.6 Å². The van der Waals surface area contributed by atoms with Crippen LogP contribution < -0.4 is 10.2 Å². The largest absolute Gasteiger partial charge is 0.416 e. The summed E-state index contributed by atoms with van der Waals surface area (Å²) < 4.78 is 40.3. The van der Waals surface area contributed by atoms with Gasteiger partial charge >= 0.3 is 6.18 Å². The second kappa shape index (κ2) is 10.3. The lowest BCUT2D eigenvalue weighted by Gasteiger charge is -2.49. The predicted octanol–water partition coefficient (Wildman–Crippen LogP) is 4.32. The summed E-state index contributed by atoms with van der Waals surface area (Å²) in [5.41, 5.74) is 2.81. The molecule has 1 amide bonds. The highest BCUT2D eigenvalue weighted by Crippen LogP contribution is 2.39. The van der Waals surface area contributed by atoms with E-state index in [-0.39, 0.29) is 18.4 Å². The van der Waals surface area contributed by atoms with E-state index in [1.54, 1.807) is 12.3 Å². The third-order valence-corrected chi connectivity index (χ3v) is 7.12. The molecule has 2 aliphatic rings. The van der Waals surface area contributed by atoms with Crippen molar-refractivity contribution in [3.05, 3.63) is 95.3 Å². The summed E-state index contributed by atoms with van der Waals surface area (Å²) in [4.78, 5) is 22.2. The molecule has 0 unspecified atom stereocenters. The summed E-state index contributed by atoms with van der Waals surface area (Å²) in [5, 5.41) is 3.03. The number of benzene rings is 2. The summed E-state index contributed by atoms with van der Waals surface area (Å²) in [6.45, 7) is 3.32. The van der Waals surface area contributed by atoms with Gasteiger partial charge in [-0.1, -0.05) is 36.4 Å². The first-order valence-electron chi connectivity index (χ1n) is 12.3. The maximum Gasteiger partial charge on any atom is 0.416 e. The van der Waals surface area contributed by atoms with Gasteiger partial charge in [0, 0.05) is 56.7 Å². The lowest BCUT2D eigenvalue weighted by molar-refractivity contribution is -0.137. The van der Waals surface area contributed by atoms with Crippen LogP contribution >= 0.6 is 0 Å². The van der Waals surface area contributed by atoms with Crippen molar-refractivity contribution in [3.8, 4) is 0 Å². The monoisotopic (exact) mass is 494 g/mol. The standard InChI is InChI=1S/C28H29F3N4O/c29-28(30,31)22-9-10-25-21(16-22)17-24(27(36)33-13-11-23-8-4-5-12-32-23)26-19-34(14-15-35(25)26)18-20-6-2-1-3-7-20/h1-10,12,16,24,26H,11,13-15,17-19H2,(H,33,36)/t24-,26-/m1/s1. The molecule has 188 valence electrons. The second-order valence-corrected chi connectivity index (χ2v) is 9.50. The van der Waals surface area contributed by atoms with Crippen LogP contribution in [0.25, 0.3) is 0 Å². The predicted molar refractivity (Wildman–Crippen MR) is 132 cm³/mol. The molecule has 36 heavy (non-hydrogen) atoms. The van der Waals surface area contributed by atoms with Gasteiger partial charge in [0.25, 0.3) is 0 Å². The number of hydrogen-bond donors (Lipinski definition) is 1. The molecule has 1 fully saturated rings. The molecule has 1 saturated heterocycles. The summed E-state index contributed by atoms with van der Waals surface area (Å²) in [7, 11) is 0. The number of carbonyl (C=O) groups excluding carboxylic acids is 1. The van der Waals surface area contributed by atoms with Gasteiger partial charge in [0.15, 0.2) is 0 Å². The molecule has 0 bridgehead atoms. The molecular formula is C28H29F3N4O. The maximum absolute atomic E-state index is 13.4. The van der Waals surface area contributed by atoms with Crippen LogP contribution in [0.15, 0.2) is 72.9 Å². The minimum Gasteiger partial charge on any atom is -0.365 e. The van der Waals surface area contributed by atoms with Crippen molar-refractivity contribution in [1.29, 1.82) is 0 Å². The molecule has 0 radical (unpaired) electrons. The van der Waals surface area contributed by atoms with Crippen LogP contribution in [0.5, 0.6) is 0 Å². The Hall–Kier alpha value is -3.39. The molecular weight excluding hydrogens is 465 g/mol. The minimum atomic E-state index is -4.42. The van der Waals surface area contributed by atoms with E-state index in [9.17, 15) is 18.0 Å². The highest BCUT2D eigenvalue weighted by Gasteiger charge is 2.42. The topological polar surface area (TPSA) is 48.5 Å². The van der Waals surface area contributed by atoms with E-state index in [0.29, 0.717) is 31.6 Å². The first-order chi connectivity index (χ1) is 17.4. The normalized spacial score (nSPS) is 19.9. The highest BCUT2D eigenvalue weighted by atomic mass is 19.4. The van der Waals surface area contributed by atoms with Crippen LogP contribution in [0, 0.1) is 5.92 Å². The summed E-state index contributed by atoms with van der Waals surface area (Å²) in [6.07, 6.45) is -1.81. The lowest BCUT2D eigenvalue weighted by atomic mass is 9.82. The Bertz CT molecular complexity index is 1190. The van der Waals surface area contributed by atoms with Crippen molar-refractivity contribution in [2.24, 2.45) is 5.92 Å². The number of nitrogens with zero attached hydrogens (tertiary/aromatic N) is 3. The number of anilines is 1. The first-order valence-corrected chi connectivity index (χ1v) is 12.3. The van der Waals surface area contributed by atoms with Crippen LogP contribution in [0.4, 0.5) is 18.9 Å². The lowest BCUT2D eigenvalue weighted by Crippen LogP contribution is -2.61. The molecule has 0 spiro atoms. The number of aromatic nitrogens is 1. The fourth-order valence-corrected chi connectivity index (χ4v) is 5.33. The third-order valence-electron chi connectivity index (χ3n) is 7.12. The Balaban J connectivity index is 1.36. The van der Waals surface area contributed by atoms with Gasteiger partial charge in [-0.25, -0.2) is 0 Å². The molecule has 2 atom stereocenters. The highest BCUT2D eigenvalue weighted by molar-refractivity contribution is 5.82. The van der Waals surface area contributed by atoms with E-state index >= 15 is 0 Å². The zero-order chi connectivity index (χ0) is 25.1. The quantitative estimate of drug-likeness (QED) is 0.555. The molecule has 1 aromatic heterocycles. The average Bonchev–Trinajstić information content (AvgIpc) is 2.88. The number of rotatable bonds is 6. The van der Waals surface area contributed by atoms with Gasteiger partial charge in [0.1, 0.15) is 0 Å². The second-order valence-electron chi connectivity index (χ2n) is 9.50. The number of amides is 1. The number of nitrogens with one attached hydrogen (secondary N) is 1. The van der Waals surface area contributed by atoms with Crippen molar-refractivity contribution >= 4 is 11.6 Å². The van der Waals surface area contributed by atoms with E-state index in [4.69, 9.17) is 0 Å². The fourth-order valence-electron chi connectivity index (χ4n) is 5.33. The van der Waals surface area contributed by atoms with Crippen molar-refractivity contribution in [2.75, 3.05) is 31.1 Å². The van der Waals surface area contributed by atoms with E-state index in [0.717, 1.165) is 30.5 Å². The minimum absolute atomic E-state index is 0.110. The Kier molecular flexibility index (Phi) is 6.96. The molecule has 5 nitrogen and oxygen atoms in total. The molecule has 0 saturated carbocycles. The molecule has 1 N–H and O–H groups in total. The van der Waals surface area contributed by atoms with Crippen LogP contribution in [0.1, 0.15) is 22.4 Å². The average molecular weight is 495 g/mol. The van der Waals surface area contributed by atoms with Crippen LogP contribution in [0.2, 0.25) is 0 Å². The first kappa shape index (κ1) is 24.3. The van der Waals surface area contributed by atoms with Gasteiger partial charge in [0.2, 0.25) is 5.91 Å². The van der Waals surface area contributed by atoms with Crippen molar-refractivity contribution in [2.45, 2.75) is 31.6 Å². The van der Waals surface area contributed by atoms with Crippen LogP contribution in [-0.4, -0.2) is 48.0 Å². The maximum atomic E-state index is 13.4. The Morgan fingerprint density at radius 2 is 1.83 bits per heavy atom. The number of alkyl halides is 3. The van der Waals surface area contributed by atoms with E-state index in [2.05, 4.69) is 32.2 Å². The Morgan fingerprint density at radius 3 is 2.58 bits per heavy atom. The van der Waals surface area contributed by atoms with Gasteiger partial charge in [-0.3, -0.25) is 14.7 Å². The number of carbonyl (C=O) groups is 1. The van der Waals surface area contributed by atoms with Gasteiger partial charge in [-0.05, 0) is 47.9 Å². The third kappa shape index (κ3) is 5.38. The summed E-state index contributed by atoms with van der Waals surface area (Å²) in [6, 6.07) is 19.7. The van der Waals surface area contributed by atoms with Gasteiger partial charge < -0.3 is 10.2 Å². The molecule has 2 aliphatic heterocycles. The van der Waals surface area contributed by atoms with Crippen LogP contribution in [0.3, 0.4) is 0 Å². The summed E-state index contributed by atoms with van der Waals surface area (Å²) >= 11 is 0. The Morgan fingerprint density at radius 1 is 1.03 bits per heavy atom. The molecule has 2 aromatic carbocycles. The smallest absolute Gasteiger partial charge is 0.365 e. The number of fused-ring (bicyclic) bond motifs is 3. The number of piperazine rings is 1. The zero-order valence-corrected chi connectivity index (χ0v) is 19.9. The van der Waals surface area contributed by atoms with E-state index < -0.39 is 17.7 Å². The number of halogens is 3. The fraction of sp³-hybridized carbons (Fsp3) is 0.357. The van der Waals surface area contributed by atoms with E-state index in [1.807, 2.05) is 36.4 Å². The van der Waals surface area contributed by atoms with Gasteiger partial charge in [-0.2, -0.15) is 13.2 Å². The molecule has 5 rings (SSSR count). The summed E-state index contributed by atoms with van der Waals surface area (Å²) in [5.74, 6) is -0.561. The van der Waals surface area contributed by atoms with Gasteiger partial charge in [0.05, 0.1) is 17.5 Å². The number of pyridine rings is 1. The van der Waals surface area contributed by atoms with Crippen molar-refractivity contribution in [3.63, 3.8) is 0 Å². The SMILES string of the molecule is O=C(NCCc1ccccn1)[C@@H]1Cc2cc(C(F)(F)F)ccc2N2CCN(Cc3ccccc3)C[C@H]12.